The van der Waals surface area contributed by atoms with Gasteiger partial charge in [0.05, 0.1) is 17.3 Å². The maximum atomic E-state index is 12.2. The van der Waals surface area contributed by atoms with E-state index in [-0.39, 0.29) is 5.75 Å². The summed E-state index contributed by atoms with van der Waals surface area (Å²) >= 11 is 6.58. The number of nitrogens with zero attached hydrogens (tertiary/aromatic N) is 1. The van der Waals surface area contributed by atoms with Crippen molar-refractivity contribution in [2.75, 3.05) is 6.61 Å². The predicted molar refractivity (Wildman–Crippen MR) is 121 cm³/mol. The van der Waals surface area contributed by atoms with Gasteiger partial charge in [-0.1, -0.05) is 35.7 Å². The molecule has 2 N–H and O–H groups in total. The molecule has 0 spiro atoms. The Morgan fingerprint density at radius 3 is 2.59 bits per heavy atom. The van der Waals surface area contributed by atoms with Crippen LogP contribution < -0.4 is 14.9 Å². The highest BCUT2D eigenvalue weighted by molar-refractivity contribution is 9.11. The lowest BCUT2D eigenvalue weighted by Gasteiger charge is -2.13. The molecule has 2 rings (SSSR count). The standard InChI is InChI=1S/C21H24Br2N2O4/c1-3-4-5-10-28-17-6-8-18(9-7-17)29-14(2)21(27)25-24-13-15-11-16(22)12-19(23)20(15)26/h6-9,11-14,26H,3-5,10H2,1-2H3,(H,25,27). The number of nitrogens with one attached hydrogen (secondary N) is 1. The highest BCUT2D eigenvalue weighted by atomic mass is 79.9. The number of phenols is 1. The van der Waals surface area contributed by atoms with E-state index >= 15 is 0 Å². The van der Waals surface area contributed by atoms with Gasteiger partial charge in [-0.25, -0.2) is 5.43 Å². The topological polar surface area (TPSA) is 80.2 Å². The van der Waals surface area contributed by atoms with Crippen LogP contribution >= 0.6 is 31.9 Å². The Hall–Kier alpha value is -2.06. The van der Waals surface area contributed by atoms with Crippen molar-refractivity contribution in [2.24, 2.45) is 5.10 Å². The first kappa shape index (κ1) is 23.2. The van der Waals surface area contributed by atoms with Gasteiger partial charge in [-0.15, -0.1) is 0 Å². The number of halogens is 2. The first-order chi connectivity index (χ1) is 13.9. The van der Waals surface area contributed by atoms with Crippen molar-refractivity contribution < 1.29 is 19.4 Å². The zero-order valence-corrected chi connectivity index (χ0v) is 19.5. The smallest absolute Gasteiger partial charge is 0.280 e. The van der Waals surface area contributed by atoms with Crippen LogP contribution in [0.3, 0.4) is 0 Å². The third-order valence-corrected chi connectivity index (χ3v) is 5.02. The molecule has 2 aromatic rings. The summed E-state index contributed by atoms with van der Waals surface area (Å²) in [6.07, 6.45) is 3.95. The van der Waals surface area contributed by atoms with E-state index < -0.39 is 12.0 Å². The quantitative estimate of drug-likeness (QED) is 0.246. The second-order valence-corrected chi connectivity index (χ2v) is 8.12. The van der Waals surface area contributed by atoms with Crippen LogP contribution in [0.25, 0.3) is 0 Å². The minimum Gasteiger partial charge on any atom is -0.506 e. The van der Waals surface area contributed by atoms with Crippen LogP contribution in [0.2, 0.25) is 0 Å². The Bertz CT molecular complexity index is 841. The van der Waals surface area contributed by atoms with Gasteiger partial charge in [-0.05, 0) is 65.7 Å². The van der Waals surface area contributed by atoms with E-state index in [1.165, 1.54) is 6.21 Å². The van der Waals surface area contributed by atoms with Gasteiger partial charge in [0.25, 0.3) is 5.91 Å². The molecule has 1 amide bonds. The molecule has 2 aromatic carbocycles. The van der Waals surface area contributed by atoms with Gasteiger partial charge in [-0.2, -0.15) is 5.10 Å². The van der Waals surface area contributed by atoms with Gasteiger partial charge in [0.1, 0.15) is 17.2 Å². The summed E-state index contributed by atoms with van der Waals surface area (Å²) in [5, 5.41) is 13.9. The normalized spacial score (nSPS) is 12.0. The van der Waals surface area contributed by atoms with E-state index in [9.17, 15) is 9.90 Å². The minimum absolute atomic E-state index is 0.0347. The third kappa shape index (κ3) is 7.70. The van der Waals surface area contributed by atoms with Gasteiger partial charge >= 0.3 is 0 Å². The van der Waals surface area contributed by atoms with Gasteiger partial charge in [0.2, 0.25) is 0 Å². The average molecular weight is 528 g/mol. The number of benzene rings is 2. The van der Waals surface area contributed by atoms with Crippen molar-refractivity contribution in [1.82, 2.24) is 5.43 Å². The number of hydrogen-bond acceptors (Lipinski definition) is 5. The highest BCUT2D eigenvalue weighted by Crippen LogP contribution is 2.30. The van der Waals surface area contributed by atoms with Crippen LogP contribution in [0, 0.1) is 0 Å². The number of hydrogen-bond donors (Lipinski definition) is 2. The molecule has 0 bridgehead atoms. The molecule has 1 unspecified atom stereocenters. The van der Waals surface area contributed by atoms with E-state index in [1.54, 1.807) is 31.2 Å². The van der Waals surface area contributed by atoms with E-state index in [0.29, 0.717) is 22.4 Å². The Labute approximate surface area is 187 Å². The largest absolute Gasteiger partial charge is 0.506 e. The molecule has 1 atom stereocenters. The van der Waals surface area contributed by atoms with Gasteiger partial charge in [0, 0.05) is 10.0 Å². The molecular weight excluding hydrogens is 504 g/mol. The molecule has 0 saturated carbocycles. The number of hydrazone groups is 1. The molecule has 0 radical (unpaired) electrons. The van der Waals surface area contributed by atoms with E-state index in [4.69, 9.17) is 9.47 Å². The number of ether oxygens (including phenoxy) is 2. The number of phenolic OH excluding ortho intramolecular Hbond substituents is 1. The minimum atomic E-state index is -0.744. The van der Waals surface area contributed by atoms with Crippen molar-refractivity contribution in [2.45, 2.75) is 39.2 Å². The molecular formula is C21H24Br2N2O4. The molecule has 0 saturated heterocycles. The number of carbonyl (C=O) groups excluding carboxylic acids is 1. The maximum absolute atomic E-state index is 12.2. The van der Waals surface area contributed by atoms with Gasteiger partial charge < -0.3 is 14.6 Å². The number of amides is 1. The lowest BCUT2D eigenvalue weighted by atomic mass is 10.2. The average Bonchev–Trinajstić information content (AvgIpc) is 2.70. The molecule has 0 aliphatic carbocycles. The number of carbonyl (C=O) groups is 1. The van der Waals surface area contributed by atoms with E-state index in [0.717, 1.165) is 29.5 Å². The molecule has 0 aromatic heterocycles. The fourth-order valence-electron chi connectivity index (χ4n) is 2.35. The predicted octanol–water partition coefficient (Wildman–Crippen LogP) is 5.40. The molecule has 0 fully saturated rings. The summed E-state index contributed by atoms with van der Waals surface area (Å²) in [6, 6.07) is 10.6. The Morgan fingerprint density at radius 2 is 1.90 bits per heavy atom. The second kappa shape index (κ2) is 11.8. The lowest BCUT2D eigenvalue weighted by Crippen LogP contribution is -2.33. The first-order valence-corrected chi connectivity index (χ1v) is 10.9. The summed E-state index contributed by atoms with van der Waals surface area (Å²) < 4.78 is 12.6. The summed E-state index contributed by atoms with van der Waals surface area (Å²) in [7, 11) is 0. The third-order valence-electron chi connectivity index (χ3n) is 3.96. The summed E-state index contributed by atoms with van der Waals surface area (Å²) in [6.45, 7) is 4.47. The van der Waals surface area contributed by atoms with Gasteiger partial charge in [-0.3, -0.25) is 4.79 Å². The highest BCUT2D eigenvalue weighted by Gasteiger charge is 2.14. The zero-order valence-electron chi connectivity index (χ0n) is 16.3. The summed E-state index contributed by atoms with van der Waals surface area (Å²) in [5.74, 6) is 0.962. The van der Waals surface area contributed by atoms with Crippen LogP contribution in [0.15, 0.2) is 50.4 Å². The van der Waals surface area contributed by atoms with Gasteiger partial charge in [0.15, 0.2) is 6.10 Å². The molecule has 0 heterocycles. The Kier molecular flexibility index (Phi) is 9.47. The maximum Gasteiger partial charge on any atom is 0.280 e. The summed E-state index contributed by atoms with van der Waals surface area (Å²) in [5.41, 5.74) is 2.86. The van der Waals surface area contributed by atoms with Crippen molar-refractivity contribution in [3.05, 3.63) is 50.9 Å². The lowest BCUT2D eigenvalue weighted by molar-refractivity contribution is -0.127. The molecule has 156 valence electrons. The van der Waals surface area contributed by atoms with E-state index in [2.05, 4.69) is 49.3 Å². The monoisotopic (exact) mass is 526 g/mol. The van der Waals surface area contributed by atoms with Crippen LogP contribution in [0.1, 0.15) is 38.7 Å². The van der Waals surface area contributed by atoms with Crippen LogP contribution in [0.4, 0.5) is 0 Å². The molecule has 0 aliphatic heterocycles. The fraction of sp³-hybridized carbons (Fsp3) is 0.333. The van der Waals surface area contributed by atoms with Crippen LogP contribution in [-0.4, -0.2) is 29.9 Å². The first-order valence-electron chi connectivity index (χ1n) is 9.31. The van der Waals surface area contributed by atoms with Crippen LogP contribution in [-0.2, 0) is 4.79 Å². The SMILES string of the molecule is CCCCCOc1ccc(OC(C)C(=O)NN=Cc2cc(Br)cc(Br)c2O)cc1. The van der Waals surface area contributed by atoms with Crippen molar-refractivity contribution in [3.8, 4) is 17.2 Å². The molecule has 8 heteroatoms. The van der Waals surface area contributed by atoms with Crippen molar-refractivity contribution in [1.29, 1.82) is 0 Å². The molecule has 6 nitrogen and oxygen atoms in total. The Morgan fingerprint density at radius 1 is 1.21 bits per heavy atom. The second-order valence-electron chi connectivity index (χ2n) is 6.35. The Balaban J connectivity index is 1.84. The number of aromatic hydroxyl groups is 1. The van der Waals surface area contributed by atoms with Crippen LogP contribution in [0.5, 0.6) is 17.2 Å². The molecule has 29 heavy (non-hydrogen) atoms. The zero-order chi connectivity index (χ0) is 21.2. The fourth-order valence-corrected chi connectivity index (χ4v) is 3.61. The van der Waals surface area contributed by atoms with Crippen molar-refractivity contribution in [3.63, 3.8) is 0 Å². The number of unbranched alkanes of at least 4 members (excludes halogenated alkanes) is 2. The number of rotatable bonds is 10. The van der Waals surface area contributed by atoms with E-state index in [1.807, 2.05) is 12.1 Å². The molecule has 0 aliphatic rings. The summed E-state index contributed by atoms with van der Waals surface area (Å²) in [4.78, 5) is 12.2. The van der Waals surface area contributed by atoms with Crippen molar-refractivity contribution >= 4 is 44.0 Å².